The summed E-state index contributed by atoms with van der Waals surface area (Å²) in [4.78, 5) is 12.6. The lowest BCUT2D eigenvalue weighted by Crippen LogP contribution is -2.31. The van der Waals surface area contributed by atoms with E-state index in [1.54, 1.807) is 0 Å². The minimum atomic E-state index is -0.0904. The molecule has 0 saturated heterocycles. The fourth-order valence-electron chi connectivity index (χ4n) is 4.01. The molecule has 1 aromatic heterocycles. The standard InChI is InChI=1S/C18H28N2O/c1-18(11-6-3-7-12-18)17(21)14-15-10-13-20(19-15)16-8-4-2-5-9-16/h10,13,16H,2-9,11-12,14H2,1H3. The maximum absolute atomic E-state index is 12.6. The molecule has 0 bridgehead atoms. The van der Waals surface area contributed by atoms with Crippen molar-refractivity contribution < 1.29 is 4.79 Å². The molecule has 2 saturated carbocycles. The van der Waals surface area contributed by atoms with Gasteiger partial charge in [-0.2, -0.15) is 5.10 Å². The first-order valence-corrected chi connectivity index (χ1v) is 8.75. The molecule has 0 aromatic carbocycles. The molecule has 2 aliphatic carbocycles. The Kier molecular flexibility index (Phi) is 4.46. The normalized spacial score (nSPS) is 23.1. The van der Waals surface area contributed by atoms with E-state index in [0.717, 1.165) is 18.5 Å². The second kappa shape index (κ2) is 6.33. The van der Waals surface area contributed by atoms with Crippen LogP contribution in [-0.4, -0.2) is 15.6 Å². The average Bonchev–Trinajstić information content (AvgIpc) is 2.97. The number of aromatic nitrogens is 2. The monoisotopic (exact) mass is 288 g/mol. The van der Waals surface area contributed by atoms with E-state index in [9.17, 15) is 4.79 Å². The lowest BCUT2D eigenvalue weighted by molar-refractivity contribution is -0.128. The number of hydrogen-bond acceptors (Lipinski definition) is 2. The minimum Gasteiger partial charge on any atom is -0.299 e. The SMILES string of the molecule is CC1(C(=O)Cc2ccn(C3CCCCC3)n2)CCCCC1. The third kappa shape index (κ3) is 3.38. The molecule has 0 amide bonds. The van der Waals surface area contributed by atoms with Gasteiger partial charge in [0.2, 0.25) is 0 Å². The van der Waals surface area contributed by atoms with Gasteiger partial charge in [0.05, 0.1) is 18.2 Å². The molecule has 116 valence electrons. The Labute approximate surface area is 128 Å². The zero-order valence-electron chi connectivity index (χ0n) is 13.3. The summed E-state index contributed by atoms with van der Waals surface area (Å²) >= 11 is 0. The summed E-state index contributed by atoms with van der Waals surface area (Å²) in [5.74, 6) is 0.399. The Hall–Kier alpha value is -1.12. The predicted molar refractivity (Wildman–Crippen MR) is 84.3 cm³/mol. The number of Topliss-reactive ketones (excluding diaryl/α,β-unsaturated/α-hetero) is 1. The summed E-state index contributed by atoms with van der Waals surface area (Å²) in [6, 6.07) is 2.62. The minimum absolute atomic E-state index is 0.0904. The molecule has 0 aliphatic heterocycles. The van der Waals surface area contributed by atoms with Crippen molar-refractivity contribution in [2.24, 2.45) is 5.41 Å². The van der Waals surface area contributed by atoms with Crippen molar-refractivity contribution in [2.75, 3.05) is 0 Å². The quantitative estimate of drug-likeness (QED) is 0.819. The molecule has 0 spiro atoms. The third-order valence-corrected chi connectivity index (χ3v) is 5.58. The smallest absolute Gasteiger partial charge is 0.144 e. The van der Waals surface area contributed by atoms with Gasteiger partial charge in [-0.05, 0) is 31.7 Å². The topological polar surface area (TPSA) is 34.9 Å². The van der Waals surface area contributed by atoms with Crippen LogP contribution in [0.1, 0.15) is 82.9 Å². The number of rotatable bonds is 4. The lowest BCUT2D eigenvalue weighted by atomic mass is 9.72. The second-order valence-corrected chi connectivity index (χ2v) is 7.30. The number of hydrogen-bond donors (Lipinski definition) is 0. The Morgan fingerprint density at radius 2 is 1.86 bits per heavy atom. The zero-order valence-corrected chi connectivity index (χ0v) is 13.3. The first-order chi connectivity index (χ1) is 10.2. The van der Waals surface area contributed by atoms with Crippen molar-refractivity contribution in [1.82, 2.24) is 9.78 Å². The van der Waals surface area contributed by atoms with Crippen LogP contribution in [0.15, 0.2) is 12.3 Å². The zero-order chi connectivity index (χ0) is 14.7. The predicted octanol–water partition coefficient (Wildman–Crippen LogP) is 4.47. The van der Waals surface area contributed by atoms with E-state index in [0.29, 0.717) is 18.2 Å². The highest BCUT2D eigenvalue weighted by atomic mass is 16.1. The molecule has 3 rings (SSSR count). The molecule has 1 aromatic rings. The van der Waals surface area contributed by atoms with E-state index in [1.807, 2.05) is 0 Å². The first kappa shape index (κ1) is 14.8. The Balaban J connectivity index is 1.62. The fourth-order valence-corrected chi connectivity index (χ4v) is 4.01. The lowest BCUT2D eigenvalue weighted by Gasteiger charge is -2.31. The van der Waals surface area contributed by atoms with Crippen LogP contribution < -0.4 is 0 Å². The van der Waals surface area contributed by atoms with E-state index in [4.69, 9.17) is 5.10 Å². The summed E-state index contributed by atoms with van der Waals surface area (Å²) in [5, 5.41) is 4.70. The Bertz CT molecular complexity index is 479. The largest absolute Gasteiger partial charge is 0.299 e. The molecular weight excluding hydrogens is 260 g/mol. The van der Waals surface area contributed by atoms with Crippen molar-refractivity contribution >= 4 is 5.78 Å². The second-order valence-electron chi connectivity index (χ2n) is 7.30. The molecule has 0 unspecified atom stereocenters. The van der Waals surface area contributed by atoms with Gasteiger partial charge in [-0.25, -0.2) is 0 Å². The van der Waals surface area contributed by atoms with Crippen molar-refractivity contribution in [3.05, 3.63) is 18.0 Å². The molecule has 0 radical (unpaired) electrons. The molecule has 2 aliphatic rings. The average molecular weight is 288 g/mol. The molecule has 3 nitrogen and oxygen atoms in total. The van der Waals surface area contributed by atoms with Crippen LogP contribution >= 0.6 is 0 Å². The van der Waals surface area contributed by atoms with Crippen LogP contribution in [0.5, 0.6) is 0 Å². The maximum Gasteiger partial charge on any atom is 0.144 e. The van der Waals surface area contributed by atoms with Gasteiger partial charge in [-0.1, -0.05) is 45.4 Å². The molecule has 0 N–H and O–H groups in total. The van der Waals surface area contributed by atoms with E-state index < -0.39 is 0 Å². The van der Waals surface area contributed by atoms with Crippen molar-refractivity contribution in [3.8, 4) is 0 Å². The van der Waals surface area contributed by atoms with E-state index >= 15 is 0 Å². The molecule has 2 fully saturated rings. The number of carbonyl (C=O) groups is 1. The van der Waals surface area contributed by atoms with Gasteiger partial charge in [0.25, 0.3) is 0 Å². The van der Waals surface area contributed by atoms with Crippen LogP contribution in [0.3, 0.4) is 0 Å². The van der Waals surface area contributed by atoms with Gasteiger partial charge in [-0.3, -0.25) is 9.48 Å². The molecule has 1 heterocycles. The van der Waals surface area contributed by atoms with Gasteiger partial charge in [0, 0.05) is 11.6 Å². The summed E-state index contributed by atoms with van der Waals surface area (Å²) < 4.78 is 2.12. The molecule has 0 atom stereocenters. The molecule has 21 heavy (non-hydrogen) atoms. The third-order valence-electron chi connectivity index (χ3n) is 5.58. The van der Waals surface area contributed by atoms with Gasteiger partial charge >= 0.3 is 0 Å². The summed E-state index contributed by atoms with van der Waals surface area (Å²) in [6.45, 7) is 2.16. The van der Waals surface area contributed by atoms with Crippen LogP contribution in [0.4, 0.5) is 0 Å². The van der Waals surface area contributed by atoms with Gasteiger partial charge in [0.1, 0.15) is 5.78 Å². The van der Waals surface area contributed by atoms with E-state index in [1.165, 1.54) is 51.4 Å². The Morgan fingerprint density at radius 3 is 2.57 bits per heavy atom. The highest BCUT2D eigenvalue weighted by molar-refractivity contribution is 5.86. The van der Waals surface area contributed by atoms with Gasteiger partial charge in [-0.15, -0.1) is 0 Å². The summed E-state index contributed by atoms with van der Waals surface area (Å²) in [5.41, 5.74) is 0.879. The number of ketones is 1. The van der Waals surface area contributed by atoms with E-state index in [-0.39, 0.29) is 5.41 Å². The summed E-state index contributed by atoms with van der Waals surface area (Å²) in [7, 11) is 0. The highest BCUT2D eigenvalue weighted by Gasteiger charge is 2.34. The van der Waals surface area contributed by atoms with Crippen LogP contribution in [0.2, 0.25) is 0 Å². The molecule has 3 heteroatoms. The van der Waals surface area contributed by atoms with Gasteiger partial charge < -0.3 is 0 Å². The van der Waals surface area contributed by atoms with Crippen LogP contribution in [-0.2, 0) is 11.2 Å². The molecular formula is C18H28N2O. The van der Waals surface area contributed by atoms with Crippen molar-refractivity contribution in [1.29, 1.82) is 0 Å². The fraction of sp³-hybridized carbons (Fsp3) is 0.778. The number of carbonyl (C=O) groups excluding carboxylic acids is 1. The Morgan fingerprint density at radius 1 is 1.19 bits per heavy atom. The number of nitrogens with zero attached hydrogens (tertiary/aromatic N) is 2. The maximum atomic E-state index is 12.6. The van der Waals surface area contributed by atoms with Gasteiger partial charge in [0.15, 0.2) is 0 Å². The van der Waals surface area contributed by atoms with Crippen molar-refractivity contribution in [2.45, 2.75) is 83.6 Å². The van der Waals surface area contributed by atoms with E-state index in [2.05, 4.69) is 23.9 Å². The van der Waals surface area contributed by atoms with Crippen LogP contribution in [0.25, 0.3) is 0 Å². The van der Waals surface area contributed by atoms with Crippen molar-refractivity contribution in [3.63, 3.8) is 0 Å². The highest BCUT2D eigenvalue weighted by Crippen LogP contribution is 2.37. The first-order valence-electron chi connectivity index (χ1n) is 8.75. The summed E-state index contributed by atoms with van der Waals surface area (Å²) in [6.07, 6.45) is 14.9. The van der Waals surface area contributed by atoms with Crippen LogP contribution in [0, 0.1) is 5.41 Å².